The number of aromatic nitrogens is 2. The number of carboxylic acids is 1. The number of aliphatic carboxylic acids is 1. The van der Waals surface area contributed by atoms with Crippen LogP contribution in [0.15, 0.2) is 42.7 Å². The molecule has 2 aromatic heterocycles. The molecule has 3 heterocycles. The van der Waals surface area contributed by atoms with Gasteiger partial charge in [-0.25, -0.2) is 0 Å². The first-order valence-electron chi connectivity index (χ1n) is 8.25. The summed E-state index contributed by atoms with van der Waals surface area (Å²) in [6.45, 7) is 0.619. The molecule has 2 fully saturated rings. The summed E-state index contributed by atoms with van der Waals surface area (Å²) in [7, 11) is 0. The fourth-order valence-electron chi connectivity index (χ4n) is 3.52. The van der Waals surface area contributed by atoms with Gasteiger partial charge < -0.3 is 14.6 Å². The molecule has 1 N–H and O–H groups in total. The van der Waals surface area contributed by atoms with Crippen molar-refractivity contribution in [2.24, 2.45) is 5.92 Å². The highest BCUT2D eigenvalue weighted by atomic mass is 16.4. The summed E-state index contributed by atoms with van der Waals surface area (Å²) in [4.78, 5) is 30.5. The third-order valence-corrected chi connectivity index (χ3v) is 4.93. The minimum atomic E-state index is -0.876. The van der Waals surface area contributed by atoms with Crippen molar-refractivity contribution in [3.63, 3.8) is 0 Å². The Kier molecular flexibility index (Phi) is 3.59. The number of amides is 1. The first kappa shape index (κ1) is 14.9. The number of likely N-dealkylation sites (tertiary alicyclic amines) is 1. The maximum absolute atomic E-state index is 12.9. The third kappa shape index (κ3) is 2.58. The van der Waals surface area contributed by atoms with Crippen LogP contribution in [0.5, 0.6) is 0 Å². The third-order valence-electron chi connectivity index (χ3n) is 4.93. The van der Waals surface area contributed by atoms with E-state index >= 15 is 0 Å². The second-order valence-corrected chi connectivity index (χ2v) is 6.55. The van der Waals surface area contributed by atoms with Crippen LogP contribution in [0.4, 0.5) is 0 Å². The Bertz CT molecular complexity index is 767. The van der Waals surface area contributed by atoms with Gasteiger partial charge in [0.15, 0.2) is 0 Å². The van der Waals surface area contributed by atoms with E-state index in [2.05, 4.69) is 4.98 Å². The van der Waals surface area contributed by atoms with E-state index in [0.29, 0.717) is 18.3 Å². The maximum atomic E-state index is 12.9. The minimum Gasteiger partial charge on any atom is -0.481 e. The minimum absolute atomic E-state index is 0.0865. The van der Waals surface area contributed by atoms with Crippen LogP contribution in [-0.2, 0) is 4.79 Å². The van der Waals surface area contributed by atoms with Crippen molar-refractivity contribution in [1.29, 1.82) is 0 Å². The molecule has 1 saturated carbocycles. The molecule has 1 amide bonds. The number of hydrogen-bond donors (Lipinski definition) is 1. The van der Waals surface area contributed by atoms with Crippen LogP contribution >= 0.6 is 0 Å². The number of carbonyl (C=O) groups is 2. The largest absolute Gasteiger partial charge is 0.481 e. The predicted molar refractivity (Wildman–Crippen MR) is 86.7 cm³/mol. The summed E-state index contributed by atoms with van der Waals surface area (Å²) < 4.78 is 2.02. The van der Waals surface area contributed by atoms with Crippen molar-refractivity contribution >= 4 is 11.9 Å². The van der Waals surface area contributed by atoms with E-state index < -0.39 is 11.9 Å². The summed E-state index contributed by atoms with van der Waals surface area (Å²) in [5.41, 5.74) is 1.39. The Morgan fingerprint density at radius 2 is 1.96 bits per heavy atom. The van der Waals surface area contributed by atoms with E-state index in [9.17, 15) is 14.7 Å². The highest BCUT2D eigenvalue weighted by molar-refractivity contribution is 5.93. The van der Waals surface area contributed by atoms with Crippen LogP contribution in [0.1, 0.15) is 41.0 Å². The first-order chi connectivity index (χ1) is 11.6. The number of carbonyl (C=O) groups excluding carboxylic acids is 1. The Balaban J connectivity index is 1.59. The van der Waals surface area contributed by atoms with Crippen LogP contribution < -0.4 is 0 Å². The molecule has 2 atom stereocenters. The van der Waals surface area contributed by atoms with Crippen molar-refractivity contribution < 1.29 is 14.7 Å². The fraction of sp³-hybridized carbons (Fsp3) is 0.389. The normalized spacial score (nSPS) is 23.4. The molecule has 6 heteroatoms. The number of carboxylic acid groups (broad SMARTS) is 1. The maximum Gasteiger partial charge on any atom is 0.309 e. The summed E-state index contributed by atoms with van der Waals surface area (Å²) >= 11 is 0. The van der Waals surface area contributed by atoms with E-state index in [1.807, 2.05) is 35.0 Å². The first-order valence-corrected chi connectivity index (χ1v) is 8.25. The van der Waals surface area contributed by atoms with Crippen LogP contribution in [0.2, 0.25) is 0 Å². The van der Waals surface area contributed by atoms with Crippen molar-refractivity contribution in [3.8, 4) is 0 Å². The van der Waals surface area contributed by atoms with Gasteiger partial charge in [0, 0.05) is 43.1 Å². The van der Waals surface area contributed by atoms with Crippen molar-refractivity contribution in [3.05, 3.63) is 54.1 Å². The molecule has 1 aliphatic carbocycles. The lowest BCUT2D eigenvalue weighted by Gasteiger charge is -2.17. The van der Waals surface area contributed by atoms with Crippen LogP contribution in [0, 0.1) is 5.92 Å². The molecule has 2 aromatic rings. The lowest BCUT2D eigenvalue weighted by Crippen LogP contribution is -2.31. The van der Waals surface area contributed by atoms with E-state index in [4.69, 9.17) is 0 Å². The van der Waals surface area contributed by atoms with E-state index in [-0.39, 0.29) is 18.4 Å². The zero-order valence-corrected chi connectivity index (χ0v) is 13.2. The van der Waals surface area contributed by atoms with E-state index in [1.165, 1.54) is 0 Å². The second kappa shape index (κ2) is 5.78. The topological polar surface area (TPSA) is 75.4 Å². The van der Waals surface area contributed by atoms with Crippen LogP contribution in [0.25, 0.3) is 0 Å². The summed E-state index contributed by atoms with van der Waals surface area (Å²) in [6, 6.07) is 9.62. The Morgan fingerprint density at radius 3 is 2.62 bits per heavy atom. The van der Waals surface area contributed by atoms with Gasteiger partial charge >= 0.3 is 5.97 Å². The zero-order valence-electron chi connectivity index (χ0n) is 13.2. The van der Waals surface area contributed by atoms with Crippen molar-refractivity contribution in [1.82, 2.24) is 14.5 Å². The monoisotopic (exact) mass is 325 g/mol. The Labute approximate surface area is 139 Å². The molecule has 4 rings (SSSR count). The molecule has 0 aromatic carbocycles. The molecule has 0 radical (unpaired) electrons. The van der Waals surface area contributed by atoms with Gasteiger partial charge in [0.25, 0.3) is 5.91 Å². The molecular formula is C18H19N3O3. The van der Waals surface area contributed by atoms with Gasteiger partial charge in [-0.3, -0.25) is 14.6 Å². The smallest absolute Gasteiger partial charge is 0.309 e. The molecule has 124 valence electrons. The van der Waals surface area contributed by atoms with Gasteiger partial charge in [-0.1, -0.05) is 6.07 Å². The van der Waals surface area contributed by atoms with Gasteiger partial charge in [0.1, 0.15) is 5.69 Å². The van der Waals surface area contributed by atoms with Gasteiger partial charge in [-0.2, -0.15) is 0 Å². The van der Waals surface area contributed by atoms with E-state index in [0.717, 1.165) is 18.5 Å². The Morgan fingerprint density at radius 1 is 1.12 bits per heavy atom. The van der Waals surface area contributed by atoms with E-state index in [1.54, 1.807) is 17.2 Å². The molecule has 2 aliphatic rings. The number of rotatable bonds is 4. The van der Waals surface area contributed by atoms with Gasteiger partial charge in [0.05, 0.1) is 5.92 Å². The molecular weight excluding hydrogens is 306 g/mol. The van der Waals surface area contributed by atoms with Crippen molar-refractivity contribution in [2.75, 3.05) is 13.1 Å². The summed E-state index contributed by atoms with van der Waals surface area (Å²) in [5, 5.41) is 9.56. The lowest BCUT2D eigenvalue weighted by molar-refractivity contribution is -0.141. The van der Waals surface area contributed by atoms with Gasteiger partial charge in [-0.05, 0) is 37.1 Å². The molecule has 1 aliphatic heterocycles. The highest BCUT2D eigenvalue weighted by Gasteiger charge is 2.42. The fourth-order valence-corrected chi connectivity index (χ4v) is 3.52. The van der Waals surface area contributed by atoms with Crippen LogP contribution in [-0.4, -0.2) is 44.5 Å². The molecule has 1 saturated heterocycles. The van der Waals surface area contributed by atoms with Crippen molar-refractivity contribution in [2.45, 2.75) is 24.8 Å². The molecule has 0 spiro atoms. The molecule has 0 bridgehead atoms. The lowest BCUT2D eigenvalue weighted by atomic mass is 9.93. The molecule has 24 heavy (non-hydrogen) atoms. The number of hydrogen-bond acceptors (Lipinski definition) is 3. The second-order valence-electron chi connectivity index (χ2n) is 6.55. The summed E-state index contributed by atoms with van der Waals surface area (Å²) in [5.74, 6) is -1.85. The average Bonchev–Trinajstić information content (AvgIpc) is 3.15. The number of pyridine rings is 1. The number of nitrogens with zero attached hydrogens (tertiary/aromatic N) is 3. The quantitative estimate of drug-likeness (QED) is 0.934. The Hall–Kier alpha value is -2.63. The SMILES string of the molecule is O=C(O)[C@@H]1CN(C(=O)c2cccn2C2CC2)C[C@H]1c1ccccn1. The standard InChI is InChI=1S/C18H19N3O3/c22-17(16-5-3-9-21(16)12-6-7-12)20-10-13(14(11-20)18(23)24)15-4-1-2-8-19-15/h1-5,8-9,12-14H,6-7,10-11H2,(H,23,24)/t13-,14-/m1/s1. The molecule has 6 nitrogen and oxygen atoms in total. The zero-order chi connectivity index (χ0) is 16.7. The van der Waals surface area contributed by atoms with Crippen LogP contribution in [0.3, 0.4) is 0 Å². The summed E-state index contributed by atoms with van der Waals surface area (Å²) in [6.07, 6.45) is 5.80. The van der Waals surface area contributed by atoms with Gasteiger partial charge in [0.2, 0.25) is 0 Å². The average molecular weight is 325 g/mol. The molecule has 0 unspecified atom stereocenters. The van der Waals surface area contributed by atoms with Gasteiger partial charge in [-0.15, -0.1) is 0 Å². The predicted octanol–water partition coefficient (Wildman–Crippen LogP) is 2.16. The highest BCUT2D eigenvalue weighted by Crippen LogP contribution is 2.37.